The molecule has 5 nitrogen and oxygen atoms in total. The summed E-state index contributed by atoms with van der Waals surface area (Å²) >= 11 is 0. The summed E-state index contributed by atoms with van der Waals surface area (Å²) in [5, 5.41) is 2.31. The van der Waals surface area contributed by atoms with Crippen LogP contribution in [-0.2, 0) is 15.8 Å². The fourth-order valence-corrected chi connectivity index (χ4v) is 6.08. The number of carbonyl (C=O) groups excluding carboxylic acids is 3. The number of imide groups is 1. The number of allylic oxidation sites excluding steroid dienone is 2. The average molecular weight is 452 g/mol. The lowest BCUT2D eigenvalue weighted by atomic mass is 9.63. The molecule has 1 heterocycles. The van der Waals surface area contributed by atoms with E-state index in [1.165, 1.54) is 30.3 Å². The molecule has 0 radical (unpaired) electrons. The van der Waals surface area contributed by atoms with Crippen LogP contribution < -0.4 is 10.2 Å². The Kier molecular flexibility index (Phi) is 4.16. The van der Waals surface area contributed by atoms with Crippen LogP contribution in [0, 0.1) is 35.5 Å². The Labute approximate surface area is 187 Å². The molecule has 2 bridgehead atoms. The van der Waals surface area contributed by atoms with E-state index >= 15 is 0 Å². The van der Waals surface area contributed by atoms with Crippen molar-refractivity contribution in [1.82, 2.24) is 0 Å². The molecule has 0 spiro atoms. The smallest absolute Gasteiger partial charge is 0.321 e. The van der Waals surface area contributed by atoms with Crippen molar-refractivity contribution in [3.63, 3.8) is 0 Å². The van der Waals surface area contributed by atoms with Crippen LogP contribution in [0.25, 0.3) is 0 Å². The van der Waals surface area contributed by atoms with Gasteiger partial charge in [0.25, 0.3) is 5.91 Å². The largest absolute Gasteiger partial charge is 0.418 e. The second-order valence-electron chi connectivity index (χ2n) is 9.18. The predicted molar refractivity (Wildman–Crippen MR) is 113 cm³/mol. The molecule has 4 aliphatic carbocycles. The van der Waals surface area contributed by atoms with E-state index in [2.05, 4.69) is 17.5 Å². The Bertz CT molecular complexity index is 1200. The molecular weight excluding hydrogens is 433 g/mol. The molecule has 1 N–H and O–H groups in total. The molecule has 7 rings (SSSR count). The molecule has 2 aromatic rings. The van der Waals surface area contributed by atoms with E-state index in [1.807, 2.05) is 0 Å². The number of hydrogen-bond acceptors (Lipinski definition) is 3. The Morgan fingerprint density at radius 3 is 2.09 bits per heavy atom. The van der Waals surface area contributed by atoms with Gasteiger partial charge >= 0.3 is 6.18 Å². The summed E-state index contributed by atoms with van der Waals surface area (Å²) in [4.78, 5) is 41.0. The Hall–Kier alpha value is -3.42. The van der Waals surface area contributed by atoms with Gasteiger partial charge in [-0.25, -0.2) is 4.90 Å². The number of hydrogen-bond donors (Lipinski definition) is 1. The monoisotopic (exact) mass is 452 g/mol. The number of rotatable bonds is 3. The Balaban J connectivity index is 1.34. The minimum absolute atomic E-state index is 0.0275. The van der Waals surface area contributed by atoms with Gasteiger partial charge in [-0.05, 0) is 54.4 Å². The van der Waals surface area contributed by atoms with Crippen molar-refractivity contribution in [1.29, 1.82) is 0 Å². The zero-order valence-electron chi connectivity index (χ0n) is 17.3. The van der Waals surface area contributed by atoms with Gasteiger partial charge in [-0.3, -0.25) is 14.4 Å². The topological polar surface area (TPSA) is 66.5 Å². The lowest BCUT2D eigenvalue weighted by molar-refractivity contribution is -0.137. The van der Waals surface area contributed by atoms with Crippen molar-refractivity contribution in [3.8, 4) is 0 Å². The van der Waals surface area contributed by atoms with Crippen LogP contribution in [-0.4, -0.2) is 17.7 Å². The van der Waals surface area contributed by atoms with E-state index in [-0.39, 0.29) is 40.6 Å². The molecule has 0 unspecified atom stereocenters. The number of para-hydroxylation sites is 2. The Morgan fingerprint density at radius 2 is 1.45 bits per heavy atom. The van der Waals surface area contributed by atoms with Crippen LogP contribution in [0.3, 0.4) is 0 Å². The summed E-state index contributed by atoms with van der Waals surface area (Å²) in [6.07, 6.45) is 0.503. The van der Waals surface area contributed by atoms with Gasteiger partial charge in [-0.15, -0.1) is 0 Å². The third-order valence-electron chi connectivity index (χ3n) is 7.53. The summed E-state index contributed by atoms with van der Waals surface area (Å²) < 4.78 is 40.1. The molecule has 3 fully saturated rings. The number of nitrogens with one attached hydrogen (secondary N) is 1. The van der Waals surface area contributed by atoms with Gasteiger partial charge in [0.2, 0.25) is 11.8 Å². The highest BCUT2D eigenvalue weighted by atomic mass is 19.4. The van der Waals surface area contributed by atoms with Gasteiger partial charge in [0.1, 0.15) is 0 Å². The van der Waals surface area contributed by atoms with Gasteiger partial charge in [-0.1, -0.05) is 36.4 Å². The zero-order valence-corrected chi connectivity index (χ0v) is 17.3. The molecular formula is C25H19F3N2O3. The number of benzene rings is 2. The first kappa shape index (κ1) is 20.2. The molecule has 2 aromatic carbocycles. The Morgan fingerprint density at radius 1 is 0.879 bits per heavy atom. The summed E-state index contributed by atoms with van der Waals surface area (Å²) in [7, 11) is 0. The molecule has 6 atom stereocenters. The average Bonchev–Trinajstić information content (AvgIpc) is 3.57. The number of halogens is 3. The first-order valence-electron chi connectivity index (χ1n) is 10.9. The molecule has 5 aliphatic rings. The van der Waals surface area contributed by atoms with Crippen LogP contribution in [0.4, 0.5) is 24.5 Å². The first-order chi connectivity index (χ1) is 15.8. The number of nitrogens with zero attached hydrogens (tertiary/aromatic N) is 1. The number of alkyl halides is 3. The van der Waals surface area contributed by atoms with Crippen LogP contribution in [0.2, 0.25) is 0 Å². The highest BCUT2D eigenvalue weighted by Gasteiger charge is 2.67. The minimum Gasteiger partial charge on any atom is -0.321 e. The third kappa shape index (κ3) is 2.89. The van der Waals surface area contributed by atoms with Gasteiger partial charge in [0.05, 0.1) is 34.3 Å². The first-order valence-corrected chi connectivity index (χ1v) is 10.9. The van der Waals surface area contributed by atoms with E-state index in [9.17, 15) is 27.6 Å². The van der Waals surface area contributed by atoms with E-state index in [1.54, 1.807) is 12.1 Å². The maximum absolute atomic E-state index is 13.4. The highest BCUT2D eigenvalue weighted by molar-refractivity contribution is 6.25. The van der Waals surface area contributed by atoms with Crippen molar-refractivity contribution >= 4 is 29.1 Å². The van der Waals surface area contributed by atoms with Crippen molar-refractivity contribution < 1.29 is 27.6 Å². The quantitative estimate of drug-likeness (QED) is 0.550. The number of carbonyl (C=O) groups is 3. The molecule has 0 aromatic heterocycles. The van der Waals surface area contributed by atoms with Crippen molar-refractivity contribution in [2.45, 2.75) is 12.6 Å². The normalized spacial score (nSPS) is 31.4. The highest BCUT2D eigenvalue weighted by Crippen LogP contribution is 2.65. The van der Waals surface area contributed by atoms with E-state index in [0.29, 0.717) is 11.8 Å². The van der Waals surface area contributed by atoms with Crippen molar-refractivity contribution in [3.05, 3.63) is 71.8 Å². The molecule has 3 amide bonds. The minimum atomic E-state index is -4.65. The van der Waals surface area contributed by atoms with Crippen molar-refractivity contribution in [2.24, 2.45) is 35.5 Å². The van der Waals surface area contributed by atoms with Crippen LogP contribution in [0.5, 0.6) is 0 Å². The van der Waals surface area contributed by atoms with Gasteiger partial charge in [0, 0.05) is 0 Å². The fraction of sp³-hybridized carbons (Fsp3) is 0.320. The second kappa shape index (κ2) is 6.79. The lowest BCUT2D eigenvalue weighted by Gasteiger charge is -2.37. The predicted octanol–water partition coefficient (Wildman–Crippen LogP) is 4.52. The maximum atomic E-state index is 13.4. The lowest BCUT2D eigenvalue weighted by Crippen LogP contribution is -2.40. The van der Waals surface area contributed by atoms with Gasteiger partial charge < -0.3 is 5.32 Å². The van der Waals surface area contributed by atoms with Crippen molar-refractivity contribution in [2.75, 3.05) is 10.2 Å². The van der Waals surface area contributed by atoms with E-state index in [4.69, 9.17) is 0 Å². The van der Waals surface area contributed by atoms with Crippen LogP contribution in [0.15, 0.2) is 60.7 Å². The van der Waals surface area contributed by atoms with Gasteiger partial charge in [-0.2, -0.15) is 13.2 Å². The molecule has 1 saturated heterocycles. The third-order valence-corrected chi connectivity index (χ3v) is 7.53. The SMILES string of the molecule is O=C(Nc1ccccc1C(F)(F)F)c1ccccc1N1C(=O)[C@H]2[C@@H]3C=C[C@H]([C@H]4C[C@H]34)[C@@H]2C1=O. The van der Waals surface area contributed by atoms with Crippen LogP contribution >= 0.6 is 0 Å². The second-order valence-corrected chi connectivity index (χ2v) is 9.18. The van der Waals surface area contributed by atoms with Crippen LogP contribution in [0.1, 0.15) is 22.3 Å². The molecule has 1 aliphatic heterocycles. The number of amides is 3. The summed E-state index contributed by atoms with van der Waals surface area (Å²) in [5.41, 5.74) is -1.28. The summed E-state index contributed by atoms with van der Waals surface area (Å²) in [5.74, 6) is -1.39. The summed E-state index contributed by atoms with van der Waals surface area (Å²) in [6, 6.07) is 10.7. The molecule has 2 saturated carbocycles. The molecule has 168 valence electrons. The molecule has 8 heteroatoms. The van der Waals surface area contributed by atoms with Gasteiger partial charge in [0.15, 0.2) is 0 Å². The number of anilines is 2. The molecule has 33 heavy (non-hydrogen) atoms. The zero-order chi connectivity index (χ0) is 23.1. The van der Waals surface area contributed by atoms with E-state index in [0.717, 1.165) is 17.4 Å². The standard InChI is InChI=1S/C25H19F3N2O3/c26-25(27,28)17-6-2-3-7-18(17)29-22(31)14-5-1-4-8-19(14)30-23(32)20-12-9-10-13(16-11-15(12)16)21(20)24(30)33/h1-10,12-13,15-16,20-21H,11H2,(H,29,31)/t12-,13-,15-,16-,20+,21+/m1/s1. The maximum Gasteiger partial charge on any atom is 0.418 e. The fourth-order valence-electron chi connectivity index (χ4n) is 6.08. The van der Waals surface area contributed by atoms with E-state index < -0.39 is 29.5 Å². The summed E-state index contributed by atoms with van der Waals surface area (Å²) in [6.45, 7) is 0.